The van der Waals surface area contributed by atoms with Crippen molar-refractivity contribution < 1.29 is 4.74 Å². The van der Waals surface area contributed by atoms with Gasteiger partial charge in [-0.05, 0) is 48.4 Å². The first kappa shape index (κ1) is 15.8. The van der Waals surface area contributed by atoms with Crippen LogP contribution in [0.2, 0.25) is 0 Å². The molecule has 0 amide bonds. The van der Waals surface area contributed by atoms with Gasteiger partial charge in [-0.3, -0.25) is 9.47 Å². The molecule has 2 aliphatic heterocycles. The predicted octanol–water partition coefficient (Wildman–Crippen LogP) is 0.255. The lowest BCUT2D eigenvalue weighted by molar-refractivity contribution is 0.126. The highest BCUT2D eigenvalue weighted by Crippen LogP contribution is 2.51. The normalized spacial score (nSPS) is 29.7. The maximum atomic E-state index is 12.0. The molecule has 1 saturated carbocycles. The quantitative estimate of drug-likeness (QED) is 0.821. The van der Waals surface area contributed by atoms with Gasteiger partial charge in [-0.15, -0.1) is 0 Å². The molecule has 0 spiro atoms. The molecule has 7 heteroatoms. The van der Waals surface area contributed by atoms with Gasteiger partial charge >= 0.3 is 5.69 Å². The maximum Gasteiger partial charge on any atom is 0.354 e. The van der Waals surface area contributed by atoms with Crippen molar-refractivity contribution >= 4 is 5.82 Å². The second-order valence-electron chi connectivity index (χ2n) is 7.65. The molecule has 2 aromatic rings. The van der Waals surface area contributed by atoms with Gasteiger partial charge in [-0.2, -0.15) is 4.98 Å². The average molecular weight is 353 g/mol. The van der Waals surface area contributed by atoms with Crippen molar-refractivity contribution in [3.8, 4) is 11.4 Å². The van der Waals surface area contributed by atoms with Gasteiger partial charge in [0.15, 0.2) is 0 Å². The van der Waals surface area contributed by atoms with Crippen molar-refractivity contribution in [2.75, 3.05) is 32.0 Å². The zero-order chi connectivity index (χ0) is 17.8. The van der Waals surface area contributed by atoms with E-state index in [1.54, 1.807) is 12.3 Å². The van der Waals surface area contributed by atoms with Crippen LogP contribution in [-0.4, -0.2) is 46.7 Å². The zero-order valence-electron chi connectivity index (χ0n) is 14.5. The summed E-state index contributed by atoms with van der Waals surface area (Å²) in [5.41, 5.74) is 12.9. The maximum absolute atomic E-state index is 12.0. The molecule has 3 heterocycles. The summed E-state index contributed by atoms with van der Waals surface area (Å²) in [6, 6.07) is 7.96. The summed E-state index contributed by atoms with van der Waals surface area (Å²) in [7, 11) is 0. The minimum Gasteiger partial charge on any atom is -0.492 e. The summed E-state index contributed by atoms with van der Waals surface area (Å²) >= 11 is 0. The molecule has 4 N–H and O–H groups in total. The van der Waals surface area contributed by atoms with Crippen LogP contribution in [0.3, 0.4) is 0 Å². The first-order chi connectivity index (χ1) is 12.6. The number of piperidine rings is 1. The number of ether oxygens (including phenoxy) is 1. The Morgan fingerprint density at radius 1 is 1.23 bits per heavy atom. The van der Waals surface area contributed by atoms with Crippen molar-refractivity contribution in [3.63, 3.8) is 0 Å². The molecule has 2 fully saturated rings. The number of nitrogens with two attached hydrogens (primary N) is 2. The number of anilines is 1. The molecule has 5 rings (SSSR count). The van der Waals surface area contributed by atoms with Crippen LogP contribution in [0.5, 0.6) is 5.75 Å². The van der Waals surface area contributed by atoms with Gasteiger partial charge in [0.25, 0.3) is 0 Å². The summed E-state index contributed by atoms with van der Waals surface area (Å²) in [5.74, 6) is 3.43. The Hall–Kier alpha value is -2.38. The lowest BCUT2D eigenvalue weighted by atomic mass is 10.0. The zero-order valence-corrected chi connectivity index (χ0v) is 14.5. The van der Waals surface area contributed by atoms with Crippen LogP contribution in [0, 0.1) is 17.8 Å². The Bertz CT molecular complexity index is 899. The van der Waals surface area contributed by atoms with Crippen LogP contribution in [-0.2, 0) is 6.42 Å². The molecule has 1 aromatic heterocycles. The van der Waals surface area contributed by atoms with Crippen molar-refractivity contribution in [2.24, 2.45) is 23.5 Å². The highest BCUT2D eigenvalue weighted by atomic mass is 16.5. The largest absolute Gasteiger partial charge is 0.492 e. The van der Waals surface area contributed by atoms with E-state index >= 15 is 0 Å². The molecule has 1 saturated heterocycles. The third kappa shape index (κ3) is 2.50. The minimum atomic E-state index is -0.385. The summed E-state index contributed by atoms with van der Waals surface area (Å²) in [5, 5.41) is 0. The molecule has 1 aliphatic carbocycles. The van der Waals surface area contributed by atoms with Crippen LogP contribution >= 0.6 is 0 Å². The lowest BCUT2D eigenvalue weighted by Gasteiger charge is -2.34. The number of hydrogen-bond donors (Lipinski definition) is 2. The predicted molar refractivity (Wildman–Crippen MR) is 98.3 cm³/mol. The van der Waals surface area contributed by atoms with Crippen LogP contribution in [0.15, 0.2) is 35.3 Å². The number of aromatic nitrogens is 2. The van der Waals surface area contributed by atoms with Crippen LogP contribution in [0.1, 0.15) is 5.56 Å². The molecule has 2 unspecified atom stereocenters. The van der Waals surface area contributed by atoms with E-state index in [-0.39, 0.29) is 11.5 Å². The minimum absolute atomic E-state index is 0.226. The van der Waals surface area contributed by atoms with E-state index in [0.29, 0.717) is 12.6 Å². The summed E-state index contributed by atoms with van der Waals surface area (Å²) in [4.78, 5) is 18.4. The Labute approximate surface area is 151 Å². The Balaban J connectivity index is 1.33. The lowest BCUT2D eigenvalue weighted by Crippen LogP contribution is -2.43. The van der Waals surface area contributed by atoms with E-state index < -0.39 is 0 Å². The van der Waals surface area contributed by atoms with Gasteiger partial charge in [0, 0.05) is 31.4 Å². The molecule has 136 valence electrons. The number of rotatable bonds is 3. The van der Waals surface area contributed by atoms with Gasteiger partial charge < -0.3 is 16.2 Å². The molecular weight excluding hydrogens is 330 g/mol. The third-order valence-corrected chi connectivity index (χ3v) is 6.23. The standard InChI is InChI=1S/C19H23N5O2/c20-7-14-15-8-23(9-16(14)15)13-5-11-1-2-12(6-17(11)26-10-13)24-4-3-18(21)22-19(24)25/h1-4,6,13-16H,5,7-10,20H2,(H2,21,22,25)/t13?,14?,15-,16+. The van der Waals surface area contributed by atoms with Gasteiger partial charge in [0.05, 0.1) is 5.69 Å². The van der Waals surface area contributed by atoms with Crippen molar-refractivity contribution in [1.29, 1.82) is 0 Å². The number of nitrogen functional groups attached to an aromatic ring is 1. The number of likely N-dealkylation sites (tertiary alicyclic amines) is 1. The topological polar surface area (TPSA) is 99.4 Å². The van der Waals surface area contributed by atoms with Crippen molar-refractivity contribution in [2.45, 2.75) is 12.5 Å². The molecule has 7 nitrogen and oxygen atoms in total. The number of hydrogen-bond acceptors (Lipinski definition) is 6. The van der Waals surface area contributed by atoms with Gasteiger partial charge in [0.2, 0.25) is 0 Å². The van der Waals surface area contributed by atoms with E-state index in [0.717, 1.165) is 55.2 Å². The highest BCUT2D eigenvalue weighted by molar-refractivity contribution is 5.46. The molecule has 0 bridgehead atoms. The second-order valence-corrected chi connectivity index (χ2v) is 7.65. The van der Waals surface area contributed by atoms with Crippen LogP contribution in [0.4, 0.5) is 5.82 Å². The Kier molecular flexibility index (Phi) is 3.55. The SMILES string of the molecule is NCC1[C@H]2CN(C3COc4cc(-n5ccc(N)nc5=O)ccc4C3)C[C@@H]12. The Morgan fingerprint density at radius 2 is 2.04 bits per heavy atom. The second kappa shape index (κ2) is 5.82. The molecule has 1 aromatic carbocycles. The van der Waals surface area contributed by atoms with Crippen LogP contribution in [0.25, 0.3) is 5.69 Å². The van der Waals surface area contributed by atoms with Gasteiger partial charge in [-0.1, -0.05) is 6.07 Å². The fourth-order valence-electron chi connectivity index (χ4n) is 4.67. The van der Waals surface area contributed by atoms with E-state index in [2.05, 4.69) is 16.0 Å². The van der Waals surface area contributed by atoms with Gasteiger partial charge in [-0.25, -0.2) is 4.79 Å². The molecule has 0 radical (unpaired) electrons. The average Bonchev–Trinajstić information content (AvgIpc) is 3.11. The highest BCUT2D eigenvalue weighted by Gasteiger charge is 2.55. The van der Waals surface area contributed by atoms with Crippen molar-refractivity contribution in [1.82, 2.24) is 14.5 Å². The van der Waals surface area contributed by atoms with Gasteiger partial charge in [0.1, 0.15) is 18.2 Å². The molecular formula is C19H23N5O2. The molecule has 3 aliphatic rings. The smallest absolute Gasteiger partial charge is 0.354 e. The first-order valence-electron chi connectivity index (χ1n) is 9.19. The van der Waals surface area contributed by atoms with E-state index in [1.807, 2.05) is 12.1 Å². The fraction of sp³-hybridized carbons (Fsp3) is 0.474. The van der Waals surface area contributed by atoms with E-state index in [9.17, 15) is 4.79 Å². The molecule has 26 heavy (non-hydrogen) atoms. The summed E-state index contributed by atoms with van der Waals surface area (Å²) < 4.78 is 7.53. The molecule has 4 atom stereocenters. The third-order valence-electron chi connectivity index (χ3n) is 6.23. The monoisotopic (exact) mass is 353 g/mol. The first-order valence-corrected chi connectivity index (χ1v) is 9.19. The fourth-order valence-corrected chi connectivity index (χ4v) is 4.67. The van der Waals surface area contributed by atoms with Crippen molar-refractivity contribution in [3.05, 3.63) is 46.5 Å². The Morgan fingerprint density at radius 3 is 2.77 bits per heavy atom. The van der Waals surface area contributed by atoms with Crippen LogP contribution < -0.4 is 21.9 Å². The van der Waals surface area contributed by atoms with E-state index in [1.165, 1.54) is 10.1 Å². The number of fused-ring (bicyclic) bond motifs is 2. The van der Waals surface area contributed by atoms with E-state index in [4.69, 9.17) is 16.2 Å². The summed E-state index contributed by atoms with van der Waals surface area (Å²) in [6.45, 7) is 3.83. The number of benzene rings is 1. The summed E-state index contributed by atoms with van der Waals surface area (Å²) in [6.07, 6.45) is 2.62. The number of nitrogens with zero attached hydrogens (tertiary/aromatic N) is 3.